The van der Waals surface area contributed by atoms with Crippen molar-refractivity contribution < 1.29 is 0 Å². The van der Waals surface area contributed by atoms with Gasteiger partial charge in [0.2, 0.25) is 0 Å². The molecule has 0 aromatic heterocycles. The summed E-state index contributed by atoms with van der Waals surface area (Å²) in [6.07, 6.45) is 8.35. The van der Waals surface area contributed by atoms with Crippen LogP contribution in [0.1, 0.15) is 6.92 Å². The molecule has 1 aliphatic heterocycles. The Kier molecular flexibility index (Phi) is 2.32. The van der Waals surface area contributed by atoms with Crippen LogP contribution < -0.4 is 0 Å². The molecule has 1 heterocycles. The minimum atomic E-state index is 0.945. The van der Waals surface area contributed by atoms with E-state index >= 15 is 0 Å². The maximum atomic E-state index is 3.68. The van der Waals surface area contributed by atoms with Gasteiger partial charge in [-0.3, -0.25) is 0 Å². The Bertz CT molecular complexity index is 177. The topological polar surface area (TPSA) is 3.24 Å². The van der Waals surface area contributed by atoms with E-state index in [0.29, 0.717) is 0 Å². The molecule has 0 aromatic rings. The quantitative estimate of drug-likeness (QED) is 0.523. The van der Waals surface area contributed by atoms with Gasteiger partial charge in [0, 0.05) is 13.1 Å². The molecule has 0 radical (unpaired) electrons. The average molecular weight is 135 g/mol. The summed E-state index contributed by atoms with van der Waals surface area (Å²) >= 11 is 0. The summed E-state index contributed by atoms with van der Waals surface area (Å²) in [5, 5.41) is 0. The fourth-order valence-corrected chi connectivity index (χ4v) is 0.914. The largest absolute Gasteiger partial charge is 0.370 e. The van der Waals surface area contributed by atoms with Crippen LogP contribution in [0.2, 0.25) is 0 Å². The van der Waals surface area contributed by atoms with E-state index in [1.807, 2.05) is 6.08 Å². The third kappa shape index (κ3) is 1.76. The van der Waals surface area contributed by atoms with Crippen LogP contribution in [0.5, 0.6) is 0 Å². The monoisotopic (exact) mass is 135 g/mol. The maximum absolute atomic E-state index is 3.68. The highest BCUT2D eigenvalue weighted by Crippen LogP contribution is 2.04. The van der Waals surface area contributed by atoms with Gasteiger partial charge in [-0.15, -0.1) is 6.58 Å². The lowest BCUT2D eigenvalue weighted by atomic mass is 10.2. The number of allylic oxidation sites excluding steroid dienone is 2. The van der Waals surface area contributed by atoms with Crippen LogP contribution in [0.15, 0.2) is 36.6 Å². The Hall–Kier alpha value is -0.980. The molecule has 0 saturated carbocycles. The Morgan fingerprint density at radius 1 is 1.80 bits per heavy atom. The molecule has 0 atom stereocenters. The van der Waals surface area contributed by atoms with Crippen molar-refractivity contribution in [3.63, 3.8) is 0 Å². The summed E-state index contributed by atoms with van der Waals surface area (Å²) in [5.74, 6) is 0. The van der Waals surface area contributed by atoms with Gasteiger partial charge in [-0.1, -0.05) is 17.7 Å². The van der Waals surface area contributed by atoms with Gasteiger partial charge < -0.3 is 4.90 Å². The van der Waals surface area contributed by atoms with E-state index in [0.717, 1.165) is 13.1 Å². The molecule has 0 unspecified atom stereocenters. The van der Waals surface area contributed by atoms with Gasteiger partial charge in [0.05, 0.1) is 0 Å². The molecule has 1 heteroatoms. The molecular weight excluding hydrogens is 122 g/mol. The Morgan fingerprint density at radius 3 is 3.10 bits per heavy atom. The highest BCUT2D eigenvalue weighted by atomic mass is 15.1. The van der Waals surface area contributed by atoms with Crippen molar-refractivity contribution in [2.24, 2.45) is 0 Å². The first-order valence-electron chi connectivity index (χ1n) is 3.53. The third-order valence-electron chi connectivity index (χ3n) is 1.56. The van der Waals surface area contributed by atoms with Crippen molar-refractivity contribution in [3.05, 3.63) is 36.6 Å². The number of nitrogens with zero attached hydrogens (tertiary/aromatic N) is 1. The molecule has 0 aliphatic carbocycles. The summed E-state index contributed by atoms with van der Waals surface area (Å²) in [4.78, 5) is 2.21. The summed E-state index contributed by atoms with van der Waals surface area (Å²) in [7, 11) is 0. The standard InChI is InChI=1S/C9H13N/c1-3-6-10-7-4-9(2)5-8-10/h3-5,7H,1,6,8H2,2H3. The van der Waals surface area contributed by atoms with E-state index in [1.54, 1.807) is 0 Å². The number of rotatable bonds is 2. The molecule has 1 aliphatic rings. The molecule has 0 bridgehead atoms. The van der Waals surface area contributed by atoms with E-state index in [4.69, 9.17) is 0 Å². The number of hydrogen-bond acceptors (Lipinski definition) is 1. The van der Waals surface area contributed by atoms with E-state index in [-0.39, 0.29) is 0 Å². The smallest absolute Gasteiger partial charge is 0.0363 e. The molecule has 1 nitrogen and oxygen atoms in total. The van der Waals surface area contributed by atoms with Crippen molar-refractivity contribution in [1.29, 1.82) is 0 Å². The molecule has 54 valence electrons. The van der Waals surface area contributed by atoms with Crippen LogP contribution in [0, 0.1) is 0 Å². The van der Waals surface area contributed by atoms with Gasteiger partial charge in [-0.2, -0.15) is 0 Å². The highest BCUT2D eigenvalue weighted by molar-refractivity contribution is 5.20. The fraction of sp³-hybridized carbons (Fsp3) is 0.333. The van der Waals surface area contributed by atoms with Crippen molar-refractivity contribution in [2.75, 3.05) is 13.1 Å². The predicted octanol–water partition coefficient (Wildman–Crippen LogP) is 1.95. The molecule has 0 fully saturated rings. The molecule has 0 spiro atoms. The zero-order chi connectivity index (χ0) is 7.40. The van der Waals surface area contributed by atoms with E-state index in [1.165, 1.54) is 5.57 Å². The highest BCUT2D eigenvalue weighted by Gasteiger charge is 1.97. The molecule has 0 amide bonds. The summed E-state index contributed by atoms with van der Waals surface area (Å²) in [5.41, 5.74) is 1.35. The van der Waals surface area contributed by atoms with Crippen molar-refractivity contribution >= 4 is 0 Å². The second-order valence-electron chi connectivity index (χ2n) is 2.51. The van der Waals surface area contributed by atoms with Crippen LogP contribution in [-0.2, 0) is 0 Å². The second kappa shape index (κ2) is 3.25. The molecule has 10 heavy (non-hydrogen) atoms. The SMILES string of the molecule is C=CCN1C=CC(C)=CC1. The second-order valence-corrected chi connectivity index (χ2v) is 2.51. The van der Waals surface area contributed by atoms with Gasteiger partial charge in [0.25, 0.3) is 0 Å². The fourth-order valence-electron chi connectivity index (χ4n) is 0.914. The van der Waals surface area contributed by atoms with Crippen LogP contribution >= 0.6 is 0 Å². The maximum Gasteiger partial charge on any atom is 0.0363 e. The van der Waals surface area contributed by atoms with Gasteiger partial charge in [-0.05, 0) is 19.2 Å². The van der Waals surface area contributed by atoms with Crippen LogP contribution in [0.3, 0.4) is 0 Å². The number of hydrogen-bond donors (Lipinski definition) is 0. The minimum Gasteiger partial charge on any atom is -0.370 e. The molecule has 0 saturated heterocycles. The Balaban J connectivity index is 2.44. The van der Waals surface area contributed by atoms with E-state index in [9.17, 15) is 0 Å². The van der Waals surface area contributed by atoms with Gasteiger partial charge >= 0.3 is 0 Å². The van der Waals surface area contributed by atoms with Crippen LogP contribution in [0.4, 0.5) is 0 Å². The first-order chi connectivity index (χ1) is 4.83. The summed E-state index contributed by atoms with van der Waals surface area (Å²) in [6, 6.07) is 0. The third-order valence-corrected chi connectivity index (χ3v) is 1.56. The normalized spacial score (nSPS) is 16.9. The van der Waals surface area contributed by atoms with Gasteiger partial charge in [0.15, 0.2) is 0 Å². The van der Waals surface area contributed by atoms with Crippen molar-refractivity contribution in [1.82, 2.24) is 4.90 Å². The lowest BCUT2D eigenvalue weighted by molar-refractivity contribution is 0.456. The Labute approximate surface area is 62.3 Å². The predicted molar refractivity (Wildman–Crippen MR) is 44.7 cm³/mol. The van der Waals surface area contributed by atoms with E-state index < -0.39 is 0 Å². The minimum absolute atomic E-state index is 0.945. The van der Waals surface area contributed by atoms with Crippen molar-refractivity contribution in [3.8, 4) is 0 Å². The van der Waals surface area contributed by atoms with Crippen molar-refractivity contribution in [2.45, 2.75) is 6.92 Å². The first-order valence-corrected chi connectivity index (χ1v) is 3.53. The van der Waals surface area contributed by atoms with Gasteiger partial charge in [-0.25, -0.2) is 0 Å². The summed E-state index contributed by atoms with van der Waals surface area (Å²) in [6.45, 7) is 7.76. The van der Waals surface area contributed by atoms with Gasteiger partial charge in [0.1, 0.15) is 0 Å². The molecular formula is C9H13N. The molecule has 0 aromatic carbocycles. The molecule has 0 N–H and O–H groups in total. The first kappa shape index (κ1) is 7.13. The Morgan fingerprint density at radius 2 is 2.60 bits per heavy atom. The molecule has 1 rings (SSSR count). The summed E-state index contributed by atoms with van der Waals surface area (Å²) < 4.78 is 0. The van der Waals surface area contributed by atoms with E-state index in [2.05, 4.69) is 36.8 Å². The zero-order valence-electron chi connectivity index (χ0n) is 6.38. The van der Waals surface area contributed by atoms with Crippen LogP contribution in [-0.4, -0.2) is 18.0 Å². The average Bonchev–Trinajstić information content (AvgIpc) is 1.95. The zero-order valence-corrected chi connectivity index (χ0v) is 6.38. The van der Waals surface area contributed by atoms with Crippen LogP contribution in [0.25, 0.3) is 0 Å². The lowest BCUT2D eigenvalue weighted by Crippen LogP contribution is -2.19. The lowest BCUT2D eigenvalue weighted by Gasteiger charge is -2.19.